The molecule has 1 fully saturated rings. The summed E-state index contributed by atoms with van der Waals surface area (Å²) in [5.41, 5.74) is 0.390. The van der Waals surface area contributed by atoms with Crippen LogP contribution in [0.2, 0.25) is 0 Å². The highest BCUT2D eigenvalue weighted by molar-refractivity contribution is 9.11. The Morgan fingerprint density at radius 1 is 1.30 bits per heavy atom. The molecule has 3 heterocycles. The quantitative estimate of drug-likeness (QED) is 0.699. The van der Waals surface area contributed by atoms with Crippen molar-refractivity contribution >= 4 is 39.5 Å². The average molecular weight is 457 g/mol. The van der Waals surface area contributed by atoms with Gasteiger partial charge in [0.2, 0.25) is 0 Å². The molecule has 1 aromatic carbocycles. The third-order valence-corrected chi connectivity index (χ3v) is 5.83. The van der Waals surface area contributed by atoms with Gasteiger partial charge in [0.25, 0.3) is 0 Å². The van der Waals surface area contributed by atoms with E-state index in [1.54, 1.807) is 17.3 Å². The Morgan fingerprint density at radius 2 is 2.04 bits per heavy atom. The fourth-order valence-electron chi connectivity index (χ4n) is 3.03. The van der Waals surface area contributed by atoms with Crippen molar-refractivity contribution in [1.82, 2.24) is 14.9 Å². The summed E-state index contributed by atoms with van der Waals surface area (Å²) >= 11 is 4.86. The van der Waals surface area contributed by atoms with Gasteiger partial charge in [0.1, 0.15) is 16.6 Å². The van der Waals surface area contributed by atoms with E-state index in [1.807, 2.05) is 0 Å². The molecule has 0 aliphatic carbocycles. The van der Waals surface area contributed by atoms with Crippen molar-refractivity contribution in [2.45, 2.75) is 25.2 Å². The van der Waals surface area contributed by atoms with Gasteiger partial charge < -0.3 is 9.64 Å². The number of carbonyl (C=O) groups excluding carboxylic acids is 1. The van der Waals surface area contributed by atoms with Crippen LogP contribution >= 0.6 is 27.3 Å². The first-order chi connectivity index (χ1) is 13.0. The Morgan fingerprint density at radius 3 is 2.70 bits per heavy atom. The van der Waals surface area contributed by atoms with Gasteiger partial charge in [0.05, 0.1) is 41.8 Å². The average Bonchev–Trinajstić information content (AvgIpc) is 3.21. The number of carbonyl (C=O) groups is 1. The first kappa shape index (κ1) is 18.5. The van der Waals surface area contributed by atoms with E-state index in [1.165, 1.54) is 28.5 Å². The van der Waals surface area contributed by atoms with Crippen LogP contribution in [0.1, 0.15) is 23.0 Å². The Hall–Kier alpha value is -1.91. The second kappa shape index (κ2) is 7.61. The summed E-state index contributed by atoms with van der Waals surface area (Å²) in [6.45, 7) is 1.29. The molecular formula is C17H15BrF2N4O2S. The number of thiazole rings is 1. The van der Waals surface area contributed by atoms with Gasteiger partial charge in [-0.3, -0.25) is 0 Å². The summed E-state index contributed by atoms with van der Waals surface area (Å²) in [4.78, 5) is 18.5. The predicted octanol–water partition coefficient (Wildman–Crippen LogP) is 3.94. The van der Waals surface area contributed by atoms with Crippen LogP contribution in [-0.4, -0.2) is 46.3 Å². The van der Waals surface area contributed by atoms with E-state index in [4.69, 9.17) is 4.74 Å². The van der Waals surface area contributed by atoms with Crippen molar-refractivity contribution in [3.8, 4) is 0 Å². The van der Waals surface area contributed by atoms with Gasteiger partial charge >= 0.3 is 6.03 Å². The Kier molecular flexibility index (Phi) is 5.20. The van der Waals surface area contributed by atoms with Crippen molar-refractivity contribution in [3.63, 3.8) is 0 Å². The lowest BCUT2D eigenvalue weighted by Crippen LogP contribution is -2.57. The smallest absolute Gasteiger partial charge is 0.341 e. The van der Waals surface area contributed by atoms with E-state index in [0.717, 1.165) is 14.9 Å². The highest BCUT2D eigenvalue weighted by atomic mass is 79.9. The van der Waals surface area contributed by atoms with Crippen molar-refractivity contribution in [1.29, 1.82) is 0 Å². The summed E-state index contributed by atoms with van der Waals surface area (Å²) in [7, 11) is 0. The number of likely N-dealkylation sites (tertiary alicyclic amines) is 1. The molecule has 0 spiro atoms. The highest BCUT2D eigenvalue weighted by Crippen LogP contribution is 2.31. The lowest BCUT2D eigenvalue weighted by Gasteiger charge is -2.40. The van der Waals surface area contributed by atoms with Gasteiger partial charge in [-0.2, -0.15) is 5.10 Å². The first-order valence-corrected chi connectivity index (χ1v) is 9.89. The van der Waals surface area contributed by atoms with E-state index < -0.39 is 17.7 Å². The molecule has 1 aromatic heterocycles. The van der Waals surface area contributed by atoms with Crippen molar-refractivity contribution in [3.05, 3.63) is 50.4 Å². The van der Waals surface area contributed by atoms with Gasteiger partial charge in [0, 0.05) is 18.7 Å². The summed E-state index contributed by atoms with van der Waals surface area (Å²) in [6, 6.07) is 2.48. The molecule has 10 heteroatoms. The fourth-order valence-corrected chi connectivity index (χ4v) is 4.26. The van der Waals surface area contributed by atoms with Crippen LogP contribution in [0.25, 0.3) is 0 Å². The molecule has 1 atom stereocenters. The second-order valence-corrected chi connectivity index (χ2v) is 8.77. The number of benzene rings is 1. The van der Waals surface area contributed by atoms with Gasteiger partial charge in [-0.15, -0.1) is 11.3 Å². The van der Waals surface area contributed by atoms with Crippen LogP contribution in [0.15, 0.2) is 33.3 Å². The lowest BCUT2D eigenvalue weighted by molar-refractivity contribution is -0.0505. The number of amides is 2. The van der Waals surface area contributed by atoms with Gasteiger partial charge in [-0.05, 0) is 33.6 Å². The van der Waals surface area contributed by atoms with Crippen molar-refractivity contribution in [2.75, 3.05) is 13.1 Å². The van der Waals surface area contributed by atoms with Crippen LogP contribution in [0.4, 0.5) is 13.6 Å². The maximum atomic E-state index is 13.5. The number of hydrazone groups is 1. The molecule has 0 bridgehead atoms. The molecular weight excluding hydrogens is 442 g/mol. The molecule has 0 N–H and O–H groups in total. The summed E-state index contributed by atoms with van der Waals surface area (Å²) in [6.07, 6.45) is 3.66. The molecule has 1 saturated heterocycles. The molecule has 27 heavy (non-hydrogen) atoms. The molecule has 2 aromatic rings. The van der Waals surface area contributed by atoms with E-state index in [0.29, 0.717) is 31.7 Å². The normalized spacial score (nSPS) is 19.6. The summed E-state index contributed by atoms with van der Waals surface area (Å²) < 4.78 is 33.7. The zero-order valence-corrected chi connectivity index (χ0v) is 16.4. The molecule has 0 unspecified atom stereocenters. The molecule has 0 radical (unpaired) electrons. The van der Waals surface area contributed by atoms with E-state index in [-0.39, 0.29) is 12.1 Å². The molecule has 2 amide bonds. The molecule has 142 valence electrons. The summed E-state index contributed by atoms with van der Waals surface area (Å²) in [5, 5.41) is 6.24. The third-order valence-electron chi connectivity index (χ3n) is 4.38. The van der Waals surface area contributed by atoms with Crippen molar-refractivity contribution in [2.24, 2.45) is 5.10 Å². The van der Waals surface area contributed by atoms with Gasteiger partial charge in [-0.1, -0.05) is 0 Å². The van der Waals surface area contributed by atoms with Crippen LogP contribution < -0.4 is 0 Å². The molecule has 0 saturated carbocycles. The fraction of sp³-hybridized carbons (Fsp3) is 0.353. The number of urea groups is 1. The minimum atomic E-state index is -0.671. The number of hydrogen-bond acceptors (Lipinski definition) is 5. The number of nitrogens with zero attached hydrogens (tertiary/aromatic N) is 4. The zero-order valence-electron chi connectivity index (χ0n) is 14.0. The molecule has 2 aliphatic rings. The standard InChI is InChI=1S/C17H15BrF2N4O2S/c18-15-6-21-16(27-15)9-26-13-7-23(8-13)17(25)24-14(1-2-22-24)10-3-11(19)5-12(20)4-10/h2-6,13-14H,1,7-9H2/t14-/m0/s1. The van der Waals surface area contributed by atoms with Crippen LogP contribution in [-0.2, 0) is 11.3 Å². The minimum Gasteiger partial charge on any atom is -0.367 e. The van der Waals surface area contributed by atoms with E-state index in [2.05, 4.69) is 26.0 Å². The largest absolute Gasteiger partial charge is 0.367 e. The number of ether oxygens (including phenoxy) is 1. The third kappa shape index (κ3) is 4.02. The van der Waals surface area contributed by atoms with Crippen molar-refractivity contribution < 1.29 is 18.3 Å². The second-order valence-electron chi connectivity index (χ2n) is 6.28. The van der Waals surface area contributed by atoms with Crippen LogP contribution in [0.3, 0.4) is 0 Å². The van der Waals surface area contributed by atoms with E-state index >= 15 is 0 Å². The number of hydrogen-bond donors (Lipinski definition) is 0. The first-order valence-electron chi connectivity index (χ1n) is 8.28. The maximum absolute atomic E-state index is 13.5. The van der Waals surface area contributed by atoms with Crippen LogP contribution in [0.5, 0.6) is 0 Å². The van der Waals surface area contributed by atoms with Crippen LogP contribution in [0, 0.1) is 11.6 Å². The summed E-state index contributed by atoms with van der Waals surface area (Å²) in [5.74, 6) is -1.34. The molecule has 6 nitrogen and oxygen atoms in total. The predicted molar refractivity (Wildman–Crippen MR) is 99.4 cm³/mol. The Bertz CT molecular complexity index is 867. The SMILES string of the molecule is O=C(N1CC(OCc2ncc(Br)s2)C1)N1N=CC[C@H]1c1cc(F)cc(F)c1. The zero-order chi connectivity index (χ0) is 19.0. The van der Waals surface area contributed by atoms with E-state index in [9.17, 15) is 13.6 Å². The lowest BCUT2D eigenvalue weighted by atomic mass is 10.0. The molecule has 2 aliphatic heterocycles. The van der Waals surface area contributed by atoms with Gasteiger partial charge in [0.15, 0.2) is 0 Å². The Balaban J connectivity index is 1.33. The van der Waals surface area contributed by atoms with Gasteiger partial charge in [-0.25, -0.2) is 23.6 Å². The molecule has 4 rings (SSSR count). The maximum Gasteiger partial charge on any atom is 0.341 e. The number of aromatic nitrogens is 1. The monoisotopic (exact) mass is 456 g/mol. The number of rotatable bonds is 4. The minimum absolute atomic E-state index is 0.0618. The Labute approximate surface area is 166 Å². The highest BCUT2D eigenvalue weighted by Gasteiger charge is 2.38. The topological polar surface area (TPSA) is 58.0 Å². The number of halogens is 3.